The topological polar surface area (TPSA) is 75.6 Å². The van der Waals surface area contributed by atoms with Crippen molar-refractivity contribution in [2.45, 2.75) is 58.1 Å². The van der Waals surface area contributed by atoms with Crippen molar-refractivity contribution in [3.05, 3.63) is 0 Å². The van der Waals surface area contributed by atoms with Crippen molar-refractivity contribution < 1.29 is 19.4 Å². The van der Waals surface area contributed by atoms with Crippen molar-refractivity contribution in [2.24, 2.45) is 10.8 Å². The second-order valence-corrected chi connectivity index (χ2v) is 5.81. The van der Waals surface area contributed by atoms with Gasteiger partial charge in [-0.15, -0.1) is 0 Å². The van der Waals surface area contributed by atoms with Crippen LogP contribution >= 0.6 is 0 Å². The summed E-state index contributed by atoms with van der Waals surface area (Å²) in [6.07, 6.45) is 3.70. The lowest BCUT2D eigenvalue weighted by molar-refractivity contribution is -0.155. The molecule has 0 radical (unpaired) electrons. The molecule has 0 saturated heterocycles. The van der Waals surface area contributed by atoms with E-state index >= 15 is 0 Å². The molecule has 0 unspecified atom stereocenters. The summed E-state index contributed by atoms with van der Waals surface area (Å²) in [5.74, 6) is -1.31. The Kier molecular flexibility index (Phi) is 3.60. The number of ether oxygens (including phenoxy) is 1. The van der Waals surface area contributed by atoms with Crippen molar-refractivity contribution >= 4 is 11.9 Å². The van der Waals surface area contributed by atoms with Gasteiger partial charge in [0.15, 0.2) is 0 Å². The lowest BCUT2D eigenvalue weighted by atomic mass is 9.58. The van der Waals surface area contributed by atoms with Crippen LogP contribution in [0.4, 0.5) is 0 Å². The highest BCUT2D eigenvalue weighted by Gasteiger charge is 2.60. The Hall–Kier alpha value is -1.10. The fourth-order valence-electron chi connectivity index (χ4n) is 3.44. The molecule has 5 nitrogen and oxygen atoms in total. The molecule has 2 aliphatic rings. The number of carboxylic acid groups (broad SMARTS) is 1. The van der Waals surface area contributed by atoms with Crippen molar-refractivity contribution in [3.63, 3.8) is 0 Å². The van der Waals surface area contributed by atoms with Crippen LogP contribution in [0.3, 0.4) is 0 Å². The number of carbonyl (C=O) groups is 2. The maximum absolute atomic E-state index is 12.2. The van der Waals surface area contributed by atoms with Crippen LogP contribution in [0.2, 0.25) is 0 Å². The molecule has 2 fully saturated rings. The van der Waals surface area contributed by atoms with Gasteiger partial charge in [-0.05, 0) is 32.1 Å². The van der Waals surface area contributed by atoms with Gasteiger partial charge in [0.25, 0.3) is 0 Å². The van der Waals surface area contributed by atoms with Gasteiger partial charge in [-0.25, -0.2) is 0 Å². The smallest absolute Gasteiger partial charge is 0.319 e. The summed E-state index contributed by atoms with van der Waals surface area (Å²) in [6, 6.07) is 0.0387. The first-order valence-corrected chi connectivity index (χ1v) is 7.04. The van der Waals surface area contributed by atoms with Gasteiger partial charge in [-0.3, -0.25) is 9.59 Å². The quantitative estimate of drug-likeness (QED) is 0.718. The van der Waals surface area contributed by atoms with Crippen molar-refractivity contribution in [1.82, 2.24) is 5.32 Å². The number of carbonyl (C=O) groups excluding carboxylic acids is 1. The van der Waals surface area contributed by atoms with E-state index in [0.717, 1.165) is 19.3 Å². The molecule has 1 amide bonds. The van der Waals surface area contributed by atoms with E-state index in [0.29, 0.717) is 12.8 Å². The lowest BCUT2D eigenvalue weighted by Crippen LogP contribution is -2.65. The molecular weight excluding hydrogens is 246 g/mol. The van der Waals surface area contributed by atoms with Crippen LogP contribution in [0, 0.1) is 10.8 Å². The first-order valence-electron chi connectivity index (χ1n) is 7.04. The van der Waals surface area contributed by atoms with Crippen LogP contribution in [0.25, 0.3) is 0 Å². The molecule has 0 aliphatic heterocycles. The number of aliphatic carboxylic acids is 1. The number of methoxy groups -OCH3 is 1. The molecule has 2 atom stereocenters. The maximum atomic E-state index is 12.2. The Balaban J connectivity index is 2.04. The highest BCUT2D eigenvalue weighted by Crippen LogP contribution is 2.51. The first-order chi connectivity index (χ1) is 8.96. The van der Waals surface area contributed by atoms with Gasteiger partial charge < -0.3 is 15.2 Å². The number of hydrogen-bond donors (Lipinski definition) is 2. The second-order valence-electron chi connectivity index (χ2n) is 5.81. The number of hydrogen-bond acceptors (Lipinski definition) is 3. The molecule has 2 N–H and O–H groups in total. The van der Waals surface area contributed by atoms with E-state index in [1.807, 2.05) is 0 Å². The van der Waals surface area contributed by atoms with E-state index in [2.05, 4.69) is 19.2 Å². The largest absolute Gasteiger partial charge is 0.480 e. The molecule has 2 aliphatic carbocycles. The predicted octanol–water partition coefficient (Wildman–Crippen LogP) is 1.56. The Labute approximate surface area is 113 Å². The highest BCUT2D eigenvalue weighted by atomic mass is 16.5. The average Bonchev–Trinajstić information content (AvgIpc) is 3.16. The minimum absolute atomic E-state index is 0.0387. The molecule has 0 aromatic carbocycles. The number of carboxylic acids is 1. The van der Waals surface area contributed by atoms with E-state index in [-0.39, 0.29) is 23.5 Å². The molecule has 19 heavy (non-hydrogen) atoms. The molecule has 2 rings (SSSR count). The normalized spacial score (nSPS) is 30.3. The van der Waals surface area contributed by atoms with Crippen LogP contribution < -0.4 is 5.32 Å². The number of rotatable bonds is 6. The molecule has 0 aromatic rings. The summed E-state index contributed by atoms with van der Waals surface area (Å²) < 4.78 is 5.48. The third-order valence-electron chi connectivity index (χ3n) is 5.29. The zero-order valence-electron chi connectivity index (χ0n) is 11.9. The van der Waals surface area contributed by atoms with Gasteiger partial charge in [0, 0.05) is 18.6 Å². The fourth-order valence-corrected chi connectivity index (χ4v) is 3.44. The lowest BCUT2D eigenvalue weighted by Gasteiger charge is -2.55. The molecular formula is C14H23NO4. The summed E-state index contributed by atoms with van der Waals surface area (Å²) in [7, 11) is 1.70. The van der Waals surface area contributed by atoms with E-state index < -0.39 is 11.4 Å². The van der Waals surface area contributed by atoms with Crippen LogP contribution in [-0.4, -0.2) is 36.2 Å². The minimum Gasteiger partial charge on any atom is -0.480 e. The van der Waals surface area contributed by atoms with Crippen LogP contribution in [0.5, 0.6) is 0 Å². The summed E-state index contributed by atoms with van der Waals surface area (Å²) >= 11 is 0. The van der Waals surface area contributed by atoms with Gasteiger partial charge in [0.05, 0.1) is 6.10 Å². The molecule has 0 heterocycles. The Bertz CT molecular complexity index is 385. The molecule has 0 aromatic heterocycles. The Morgan fingerprint density at radius 2 is 1.89 bits per heavy atom. The summed E-state index contributed by atoms with van der Waals surface area (Å²) in [6.45, 7) is 4.19. The maximum Gasteiger partial charge on any atom is 0.319 e. The predicted molar refractivity (Wildman–Crippen MR) is 69.7 cm³/mol. The Morgan fingerprint density at radius 1 is 1.32 bits per heavy atom. The van der Waals surface area contributed by atoms with Crippen molar-refractivity contribution in [3.8, 4) is 0 Å². The Morgan fingerprint density at radius 3 is 2.26 bits per heavy atom. The van der Waals surface area contributed by atoms with Crippen LogP contribution in [0.15, 0.2) is 0 Å². The van der Waals surface area contributed by atoms with Gasteiger partial charge in [0.2, 0.25) is 5.91 Å². The fraction of sp³-hybridized carbons (Fsp3) is 0.857. The molecule has 108 valence electrons. The third kappa shape index (κ3) is 1.95. The average molecular weight is 269 g/mol. The van der Waals surface area contributed by atoms with E-state index in [9.17, 15) is 9.59 Å². The van der Waals surface area contributed by atoms with Crippen LogP contribution in [0.1, 0.15) is 46.0 Å². The highest BCUT2D eigenvalue weighted by molar-refractivity contribution is 6.05. The molecule has 5 heteroatoms. The standard InChI is InChI=1S/C14H23NO4/c1-4-13(5-2)9(8-10(13)19-3)15-11(16)14(6-7-14)12(17)18/h9-10H,4-8H2,1-3H3,(H,15,16)(H,17,18)/t9-,10+/m1/s1. The van der Waals surface area contributed by atoms with Gasteiger partial charge in [0.1, 0.15) is 5.41 Å². The molecule has 2 saturated carbocycles. The second kappa shape index (κ2) is 4.78. The minimum atomic E-state index is -1.15. The van der Waals surface area contributed by atoms with Crippen molar-refractivity contribution in [1.29, 1.82) is 0 Å². The zero-order chi connectivity index (χ0) is 14.3. The molecule has 0 spiro atoms. The van der Waals surface area contributed by atoms with Crippen molar-refractivity contribution in [2.75, 3.05) is 7.11 Å². The monoisotopic (exact) mass is 269 g/mol. The summed E-state index contributed by atoms with van der Waals surface area (Å²) in [4.78, 5) is 23.3. The van der Waals surface area contributed by atoms with Gasteiger partial charge in [-0.2, -0.15) is 0 Å². The SMILES string of the molecule is CCC1(CC)[C@@H](OC)C[C@H]1NC(=O)C1(C(=O)O)CC1. The van der Waals surface area contributed by atoms with E-state index in [1.165, 1.54) is 0 Å². The number of amides is 1. The van der Waals surface area contributed by atoms with Gasteiger partial charge >= 0.3 is 5.97 Å². The zero-order valence-corrected chi connectivity index (χ0v) is 11.9. The van der Waals surface area contributed by atoms with Gasteiger partial charge in [-0.1, -0.05) is 13.8 Å². The number of nitrogens with one attached hydrogen (secondary N) is 1. The van der Waals surface area contributed by atoms with E-state index in [4.69, 9.17) is 9.84 Å². The molecule has 0 bridgehead atoms. The van der Waals surface area contributed by atoms with Crippen LogP contribution in [-0.2, 0) is 14.3 Å². The summed E-state index contributed by atoms with van der Waals surface area (Å²) in [5, 5.41) is 12.1. The first kappa shape index (κ1) is 14.3. The van der Waals surface area contributed by atoms with E-state index in [1.54, 1.807) is 7.11 Å². The summed E-state index contributed by atoms with van der Waals surface area (Å²) in [5.41, 5.74) is -1.19. The third-order valence-corrected chi connectivity index (χ3v) is 5.29.